The summed E-state index contributed by atoms with van der Waals surface area (Å²) in [6, 6.07) is 24.1. The van der Waals surface area contributed by atoms with Gasteiger partial charge in [-0.2, -0.15) is 0 Å². The number of allylic oxidation sites excluding steroid dienone is 1. The molecule has 0 aromatic heterocycles. The molecule has 2 N–H and O–H groups in total. The van der Waals surface area contributed by atoms with Crippen molar-refractivity contribution < 1.29 is 9.53 Å². The Bertz CT molecular complexity index is 1160. The number of halogens is 1. The number of carbonyl (C=O) groups excluding carboxylic acids is 1. The molecule has 0 amide bonds. The molecule has 4 rings (SSSR count). The normalized spacial score (nSPS) is 15.8. The number of thiocarbonyl (C=S) groups is 1. The van der Waals surface area contributed by atoms with Gasteiger partial charge in [0, 0.05) is 21.9 Å². The summed E-state index contributed by atoms with van der Waals surface area (Å²) in [7, 11) is 0. The highest BCUT2D eigenvalue weighted by Gasteiger charge is 2.30. The molecule has 1 unspecified atom stereocenters. The summed E-state index contributed by atoms with van der Waals surface area (Å²) in [6.07, 6.45) is 0. The van der Waals surface area contributed by atoms with Crippen molar-refractivity contribution >= 4 is 34.7 Å². The van der Waals surface area contributed by atoms with Crippen molar-refractivity contribution in [3.8, 4) is 5.75 Å². The van der Waals surface area contributed by atoms with Crippen LogP contribution in [0.25, 0.3) is 0 Å². The van der Waals surface area contributed by atoms with E-state index >= 15 is 0 Å². The molecule has 1 heterocycles. The summed E-state index contributed by atoms with van der Waals surface area (Å²) in [5.74, 6) is 0.656. The lowest BCUT2D eigenvalue weighted by molar-refractivity contribution is 0.102. The lowest BCUT2D eigenvalue weighted by Crippen LogP contribution is -2.44. The first kappa shape index (κ1) is 21.1. The fourth-order valence-electron chi connectivity index (χ4n) is 3.57. The third-order valence-electron chi connectivity index (χ3n) is 5.04. The summed E-state index contributed by atoms with van der Waals surface area (Å²) >= 11 is 11.4. The Hall–Kier alpha value is -3.15. The lowest BCUT2D eigenvalue weighted by Gasteiger charge is -2.30. The van der Waals surface area contributed by atoms with E-state index in [1.165, 1.54) is 0 Å². The number of carbonyl (C=O) groups is 1. The smallest absolute Gasteiger partial charge is 0.193 e. The zero-order valence-corrected chi connectivity index (χ0v) is 18.5. The number of hydrogen-bond donors (Lipinski definition) is 2. The van der Waals surface area contributed by atoms with Crippen LogP contribution in [0.3, 0.4) is 0 Å². The Morgan fingerprint density at radius 2 is 1.81 bits per heavy atom. The summed E-state index contributed by atoms with van der Waals surface area (Å²) in [6.45, 7) is 2.27. The molecule has 3 aromatic carbocycles. The molecule has 156 valence electrons. The summed E-state index contributed by atoms with van der Waals surface area (Å²) in [5, 5.41) is 7.48. The zero-order valence-electron chi connectivity index (χ0n) is 16.9. The van der Waals surface area contributed by atoms with E-state index in [9.17, 15) is 4.79 Å². The van der Waals surface area contributed by atoms with Crippen molar-refractivity contribution in [1.29, 1.82) is 0 Å². The van der Waals surface area contributed by atoms with E-state index in [-0.39, 0.29) is 11.8 Å². The van der Waals surface area contributed by atoms with Crippen LogP contribution < -0.4 is 15.4 Å². The second kappa shape index (κ2) is 9.33. The van der Waals surface area contributed by atoms with Crippen LogP contribution in [0.15, 0.2) is 90.1 Å². The van der Waals surface area contributed by atoms with Crippen molar-refractivity contribution in [1.82, 2.24) is 10.6 Å². The molecular weight excluding hydrogens is 428 g/mol. The Morgan fingerprint density at radius 1 is 1.03 bits per heavy atom. The van der Waals surface area contributed by atoms with E-state index < -0.39 is 0 Å². The molecule has 0 spiro atoms. The van der Waals surface area contributed by atoms with E-state index in [0.29, 0.717) is 33.6 Å². The standard InChI is InChI=1S/C25H21ClN2O2S/c1-16-22(24(29)18-8-3-2-4-9-18)23(28-25(31)27-16)19-10-6-12-21(14-19)30-15-17-7-5-11-20(26)13-17/h2-14,23H,15H2,1H3,(H2,27,28,31). The monoisotopic (exact) mass is 448 g/mol. The minimum Gasteiger partial charge on any atom is -0.489 e. The van der Waals surface area contributed by atoms with Crippen LogP contribution in [0.5, 0.6) is 5.75 Å². The summed E-state index contributed by atoms with van der Waals surface area (Å²) in [4.78, 5) is 13.3. The SMILES string of the molecule is CC1=C(C(=O)c2ccccc2)C(c2cccc(OCc3cccc(Cl)c3)c2)NC(=S)N1. The zero-order chi connectivity index (χ0) is 21.8. The molecular formula is C25H21ClN2O2S. The van der Waals surface area contributed by atoms with Gasteiger partial charge in [-0.25, -0.2) is 0 Å². The fraction of sp³-hybridized carbons (Fsp3) is 0.120. The quantitative estimate of drug-likeness (QED) is 0.380. The second-order valence-corrected chi connectivity index (χ2v) is 8.10. The molecule has 4 nitrogen and oxygen atoms in total. The molecule has 0 fully saturated rings. The first-order valence-corrected chi connectivity index (χ1v) is 10.6. The molecule has 6 heteroatoms. The number of benzene rings is 3. The summed E-state index contributed by atoms with van der Waals surface area (Å²) in [5.41, 5.74) is 3.88. The van der Waals surface area contributed by atoms with E-state index in [0.717, 1.165) is 16.8 Å². The average molecular weight is 449 g/mol. The van der Waals surface area contributed by atoms with Crippen LogP contribution in [0, 0.1) is 0 Å². The van der Waals surface area contributed by atoms with Crippen molar-refractivity contribution in [2.24, 2.45) is 0 Å². The van der Waals surface area contributed by atoms with E-state index in [1.54, 1.807) is 0 Å². The Morgan fingerprint density at radius 3 is 2.58 bits per heavy atom. The van der Waals surface area contributed by atoms with Crippen LogP contribution in [-0.2, 0) is 6.61 Å². The fourth-order valence-corrected chi connectivity index (χ4v) is 4.05. The third kappa shape index (κ3) is 4.95. The van der Waals surface area contributed by atoms with Gasteiger partial charge in [-0.05, 0) is 54.5 Å². The number of rotatable bonds is 6. The average Bonchev–Trinajstić information content (AvgIpc) is 2.78. The highest BCUT2D eigenvalue weighted by Crippen LogP contribution is 2.31. The van der Waals surface area contributed by atoms with Gasteiger partial charge in [-0.15, -0.1) is 0 Å². The molecule has 0 saturated heterocycles. The maximum absolute atomic E-state index is 13.3. The molecule has 0 saturated carbocycles. The highest BCUT2D eigenvalue weighted by atomic mass is 35.5. The predicted octanol–water partition coefficient (Wildman–Crippen LogP) is 5.59. The minimum absolute atomic E-state index is 0.0455. The van der Waals surface area contributed by atoms with Crippen molar-refractivity contribution in [2.75, 3.05) is 0 Å². The topological polar surface area (TPSA) is 50.4 Å². The van der Waals surface area contributed by atoms with E-state index in [4.69, 9.17) is 28.6 Å². The van der Waals surface area contributed by atoms with Gasteiger partial charge < -0.3 is 15.4 Å². The van der Waals surface area contributed by atoms with Gasteiger partial charge in [-0.3, -0.25) is 4.79 Å². The van der Waals surface area contributed by atoms with Gasteiger partial charge in [0.2, 0.25) is 0 Å². The third-order valence-corrected chi connectivity index (χ3v) is 5.49. The number of ketones is 1. The molecule has 1 atom stereocenters. The van der Waals surface area contributed by atoms with Gasteiger partial charge in [0.25, 0.3) is 0 Å². The van der Waals surface area contributed by atoms with Crippen LogP contribution in [0.1, 0.15) is 34.5 Å². The molecule has 0 bridgehead atoms. The number of hydrogen-bond acceptors (Lipinski definition) is 3. The van der Waals surface area contributed by atoms with Gasteiger partial charge in [-0.1, -0.05) is 66.2 Å². The van der Waals surface area contributed by atoms with Gasteiger partial charge in [0.1, 0.15) is 12.4 Å². The number of ether oxygens (including phenoxy) is 1. The largest absolute Gasteiger partial charge is 0.489 e. The highest BCUT2D eigenvalue weighted by molar-refractivity contribution is 7.80. The van der Waals surface area contributed by atoms with Gasteiger partial charge in [0.15, 0.2) is 10.9 Å². The first-order chi connectivity index (χ1) is 15.0. The van der Waals surface area contributed by atoms with Gasteiger partial charge >= 0.3 is 0 Å². The van der Waals surface area contributed by atoms with Crippen molar-refractivity contribution in [3.05, 3.63) is 112 Å². The van der Waals surface area contributed by atoms with Crippen molar-refractivity contribution in [3.63, 3.8) is 0 Å². The minimum atomic E-state index is -0.379. The Balaban J connectivity index is 1.62. The van der Waals surface area contributed by atoms with E-state index in [1.807, 2.05) is 85.8 Å². The van der Waals surface area contributed by atoms with Crippen LogP contribution >= 0.6 is 23.8 Å². The maximum atomic E-state index is 13.3. The van der Waals surface area contributed by atoms with Gasteiger partial charge in [0.05, 0.1) is 6.04 Å². The molecule has 3 aromatic rings. The van der Waals surface area contributed by atoms with Crippen molar-refractivity contribution in [2.45, 2.75) is 19.6 Å². The molecule has 31 heavy (non-hydrogen) atoms. The van der Waals surface area contributed by atoms with Crippen LogP contribution in [0.2, 0.25) is 5.02 Å². The molecule has 0 aliphatic carbocycles. The molecule has 1 aliphatic rings. The first-order valence-electron chi connectivity index (χ1n) is 9.86. The maximum Gasteiger partial charge on any atom is 0.193 e. The molecule has 1 aliphatic heterocycles. The second-order valence-electron chi connectivity index (χ2n) is 7.26. The number of nitrogens with one attached hydrogen (secondary N) is 2. The van der Waals surface area contributed by atoms with Crippen LogP contribution in [-0.4, -0.2) is 10.9 Å². The lowest BCUT2D eigenvalue weighted by atomic mass is 9.89. The number of Topliss-reactive ketones (excluding diaryl/α,β-unsaturated/α-hetero) is 1. The summed E-state index contributed by atoms with van der Waals surface area (Å²) < 4.78 is 5.98. The van der Waals surface area contributed by atoms with E-state index in [2.05, 4.69) is 10.6 Å². The predicted molar refractivity (Wildman–Crippen MR) is 127 cm³/mol. The Labute approximate surface area is 191 Å². The van der Waals surface area contributed by atoms with Crippen LogP contribution in [0.4, 0.5) is 0 Å². The Kier molecular flexibility index (Phi) is 6.35. The molecule has 0 radical (unpaired) electrons.